The van der Waals surface area contributed by atoms with Crippen LogP contribution in [-0.2, 0) is 0 Å². The molecule has 0 aliphatic heterocycles. The van der Waals surface area contributed by atoms with E-state index in [-0.39, 0.29) is 18.3 Å². The highest BCUT2D eigenvalue weighted by molar-refractivity contribution is 9.10. The van der Waals surface area contributed by atoms with Gasteiger partial charge in [-0.2, -0.15) is 0 Å². The van der Waals surface area contributed by atoms with E-state index >= 15 is 0 Å². The smallest absolute Gasteiger partial charge is 0.254 e. The van der Waals surface area contributed by atoms with Crippen molar-refractivity contribution in [2.45, 2.75) is 0 Å². The first kappa shape index (κ1) is 15.4. The molecule has 0 atom stereocenters. The lowest BCUT2D eigenvalue weighted by atomic mass is 10.2. The molecule has 0 spiro atoms. The first-order valence-electron chi connectivity index (χ1n) is 4.81. The maximum absolute atomic E-state index is 11.9. The van der Waals surface area contributed by atoms with Crippen molar-refractivity contribution in [3.05, 3.63) is 34.3 Å². The van der Waals surface area contributed by atoms with Crippen molar-refractivity contribution >= 4 is 34.2 Å². The number of likely N-dealkylation sites (N-methyl/N-ethyl adjacent to an activating group) is 2. The standard InChI is InChI=1S/C11H15BrN2O.ClH/c1-13-7-8-14(2)11(15)9-5-3-4-6-10(9)12;/h3-6,13H,7-8H2,1-2H3;1H. The Bertz CT molecular complexity index is 347. The van der Waals surface area contributed by atoms with Gasteiger partial charge < -0.3 is 10.2 Å². The molecule has 0 bridgehead atoms. The second-order valence-electron chi connectivity index (χ2n) is 3.31. The van der Waals surface area contributed by atoms with Crippen LogP contribution >= 0.6 is 28.3 Å². The molecule has 0 radical (unpaired) electrons. The molecule has 0 aromatic heterocycles. The molecule has 1 rings (SSSR count). The molecule has 1 amide bonds. The number of carbonyl (C=O) groups excluding carboxylic acids is 1. The summed E-state index contributed by atoms with van der Waals surface area (Å²) in [4.78, 5) is 13.6. The molecule has 1 aromatic rings. The van der Waals surface area contributed by atoms with Gasteiger partial charge in [0.15, 0.2) is 0 Å². The van der Waals surface area contributed by atoms with E-state index < -0.39 is 0 Å². The molecule has 1 aromatic carbocycles. The molecule has 0 aliphatic rings. The average molecular weight is 308 g/mol. The summed E-state index contributed by atoms with van der Waals surface area (Å²) < 4.78 is 0.839. The SMILES string of the molecule is CNCCN(C)C(=O)c1ccccc1Br.Cl. The fourth-order valence-corrected chi connectivity index (χ4v) is 1.68. The van der Waals surface area contributed by atoms with Crippen LogP contribution in [0.3, 0.4) is 0 Å². The molecular formula is C11H16BrClN2O. The number of benzene rings is 1. The van der Waals surface area contributed by atoms with E-state index in [4.69, 9.17) is 0 Å². The van der Waals surface area contributed by atoms with Gasteiger partial charge in [0.05, 0.1) is 5.56 Å². The predicted octanol–water partition coefficient (Wildman–Crippen LogP) is 2.16. The number of halogens is 2. The Morgan fingerprint density at radius 3 is 2.62 bits per heavy atom. The van der Waals surface area contributed by atoms with Crippen molar-refractivity contribution in [1.82, 2.24) is 10.2 Å². The van der Waals surface area contributed by atoms with Gasteiger partial charge in [0, 0.05) is 24.6 Å². The summed E-state index contributed by atoms with van der Waals surface area (Å²) in [5.41, 5.74) is 0.705. The van der Waals surface area contributed by atoms with E-state index in [9.17, 15) is 4.79 Å². The van der Waals surface area contributed by atoms with Crippen LogP contribution in [0.4, 0.5) is 0 Å². The van der Waals surface area contributed by atoms with Crippen LogP contribution in [0.25, 0.3) is 0 Å². The zero-order valence-corrected chi connectivity index (χ0v) is 11.8. The Kier molecular flexibility index (Phi) is 7.38. The fourth-order valence-electron chi connectivity index (χ4n) is 1.22. The van der Waals surface area contributed by atoms with Crippen molar-refractivity contribution in [2.75, 3.05) is 27.2 Å². The summed E-state index contributed by atoms with van der Waals surface area (Å²) in [7, 11) is 3.68. The van der Waals surface area contributed by atoms with Crippen LogP contribution in [0.5, 0.6) is 0 Å². The zero-order valence-electron chi connectivity index (χ0n) is 9.37. The lowest BCUT2D eigenvalue weighted by molar-refractivity contribution is 0.0796. The Balaban J connectivity index is 0.00000225. The number of carbonyl (C=O) groups is 1. The summed E-state index contributed by atoms with van der Waals surface area (Å²) >= 11 is 3.37. The highest BCUT2D eigenvalue weighted by Gasteiger charge is 2.13. The molecule has 5 heteroatoms. The van der Waals surface area contributed by atoms with E-state index in [1.54, 1.807) is 11.9 Å². The molecule has 0 aliphatic carbocycles. The van der Waals surface area contributed by atoms with Gasteiger partial charge in [0.2, 0.25) is 0 Å². The van der Waals surface area contributed by atoms with E-state index in [1.165, 1.54) is 0 Å². The van der Waals surface area contributed by atoms with Gasteiger partial charge in [0.1, 0.15) is 0 Å². The van der Waals surface area contributed by atoms with Crippen LogP contribution in [0, 0.1) is 0 Å². The van der Waals surface area contributed by atoms with E-state index in [0.29, 0.717) is 12.1 Å². The van der Waals surface area contributed by atoms with Crippen molar-refractivity contribution in [3.63, 3.8) is 0 Å². The molecule has 0 heterocycles. The van der Waals surface area contributed by atoms with Crippen molar-refractivity contribution in [1.29, 1.82) is 0 Å². The number of hydrogen-bond acceptors (Lipinski definition) is 2. The normalized spacial score (nSPS) is 9.44. The topological polar surface area (TPSA) is 32.3 Å². The van der Waals surface area contributed by atoms with Crippen molar-refractivity contribution in [2.24, 2.45) is 0 Å². The van der Waals surface area contributed by atoms with Gasteiger partial charge in [-0.3, -0.25) is 4.79 Å². The maximum Gasteiger partial charge on any atom is 0.254 e. The largest absolute Gasteiger partial charge is 0.340 e. The van der Waals surface area contributed by atoms with Gasteiger partial charge in [0.25, 0.3) is 5.91 Å². The summed E-state index contributed by atoms with van der Waals surface area (Å²) in [6.07, 6.45) is 0. The maximum atomic E-state index is 11.9. The van der Waals surface area contributed by atoms with E-state index in [0.717, 1.165) is 11.0 Å². The quantitative estimate of drug-likeness (QED) is 0.924. The van der Waals surface area contributed by atoms with Gasteiger partial charge in [-0.25, -0.2) is 0 Å². The number of rotatable bonds is 4. The fraction of sp³-hybridized carbons (Fsp3) is 0.364. The second-order valence-corrected chi connectivity index (χ2v) is 4.16. The van der Waals surface area contributed by atoms with E-state index in [2.05, 4.69) is 21.2 Å². The van der Waals surface area contributed by atoms with Gasteiger partial charge in [-0.15, -0.1) is 12.4 Å². The van der Waals surface area contributed by atoms with Crippen LogP contribution in [0.2, 0.25) is 0 Å². The summed E-state index contributed by atoms with van der Waals surface area (Å²) in [6.45, 7) is 1.50. The molecule has 0 fully saturated rings. The Morgan fingerprint density at radius 2 is 2.06 bits per heavy atom. The molecule has 0 saturated heterocycles. The summed E-state index contributed by atoms with van der Waals surface area (Å²) in [5, 5.41) is 3.01. The summed E-state index contributed by atoms with van der Waals surface area (Å²) in [6, 6.07) is 7.46. The molecule has 0 unspecified atom stereocenters. The zero-order chi connectivity index (χ0) is 11.3. The van der Waals surface area contributed by atoms with E-state index in [1.807, 2.05) is 31.3 Å². The minimum absolute atomic E-state index is 0. The highest BCUT2D eigenvalue weighted by Crippen LogP contribution is 2.17. The minimum atomic E-state index is 0. The van der Waals surface area contributed by atoms with Crippen LogP contribution in [0.1, 0.15) is 10.4 Å². The van der Waals surface area contributed by atoms with Crippen molar-refractivity contribution in [3.8, 4) is 0 Å². The monoisotopic (exact) mass is 306 g/mol. The minimum Gasteiger partial charge on any atom is -0.340 e. The highest BCUT2D eigenvalue weighted by atomic mass is 79.9. The second kappa shape index (κ2) is 7.65. The molecule has 1 N–H and O–H groups in total. The third kappa shape index (κ3) is 4.12. The lowest BCUT2D eigenvalue weighted by Crippen LogP contribution is -2.32. The molecule has 0 saturated carbocycles. The number of hydrogen-bond donors (Lipinski definition) is 1. The summed E-state index contributed by atoms with van der Waals surface area (Å²) in [5.74, 6) is 0.0396. The van der Waals surface area contributed by atoms with Crippen molar-refractivity contribution < 1.29 is 4.79 Å². The molecule has 16 heavy (non-hydrogen) atoms. The number of nitrogens with one attached hydrogen (secondary N) is 1. The predicted molar refractivity (Wildman–Crippen MR) is 72.3 cm³/mol. The third-order valence-corrected chi connectivity index (χ3v) is 2.84. The van der Waals surface area contributed by atoms with Gasteiger partial charge in [-0.1, -0.05) is 12.1 Å². The van der Waals surface area contributed by atoms with Crippen LogP contribution < -0.4 is 5.32 Å². The molecule has 90 valence electrons. The first-order chi connectivity index (χ1) is 7.16. The molecule has 3 nitrogen and oxygen atoms in total. The third-order valence-electron chi connectivity index (χ3n) is 2.15. The molecular weight excluding hydrogens is 291 g/mol. The number of amides is 1. The Labute approximate surface area is 111 Å². The van der Waals surface area contributed by atoms with Crippen LogP contribution in [0.15, 0.2) is 28.7 Å². The average Bonchev–Trinajstić information content (AvgIpc) is 2.25. The van der Waals surface area contributed by atoms with Crippen LogP contribution in [-0.4, -0.2) is 38.0 Å². The Hall–Kier alpha value is -0.580. The van der Waals surface area contributed by atoms with Gasteiger partial charge in [-0.05, 0) is 35.1 Å². The Morgan fingerprint density at radius 1 is 1.44 bits per heavy atom. The first-order valence-corrected chi connectivity index (χ1v) is 5.60. The lowest BCUT2D eigenvalue weighted by Gasteiger charge is -2.17. The number of nitrogens with zero attached hydrogens (tertiary/aromatic N) is 1. The van der Waals surface area contributed by atoms with Gasteiger partial charge >= 0.3 is 0 Å².